The zero-order valence-electron chi connectivity index (χ0n) is 12.5. The van der Waals surface area contributed by atoms with E-state index in [0.717, 1.165) is 0 Å². The molecule has 5 heteroatoms. The number of carboxylic acid groups (broad SMARTS) is 1. The van der Waals surface area contributed by atoms with Crippen molar-refractivity contribution in [2.24, 2.45) is 11.8 Å². The van der Waals surface area contributed by atoms with E-state index in [0.29, 0.717) is 11.6 Å². The molecule has 0 saturated carbocycles. The molecule has 1 saturated heterocycles. The van der Waals surface area contributed by atoms with Crippen molar-refractivity contribution in [2.75, 3.05) is 5.32 Å². The van der Waals surface area contributed by atoms with Crippen LogP contribution in [0.4, 0.5) is 5.69 Å². The first-order valence-corrected chi connectivity index (χ1v) is 7.45. The quantitative estimate of drug-likeness (QED) is 0.837. The molecular formula is C17H19NO4. The highest BCUT2D eigenvalue weighted by Gasteiger charge is 2.53. The van der Waals surface area contributed by atoms with Gasteiger partial charge in [0.25, 0.3) is 0 Å². The van der Waals surface area contributed by atoms with E-state index >= 15 is 0 Å². The first-order chi connectivity index (χ1) is 10.5. The second-order valence-corrected chi connectivity index (χ2v) is 6.11. The fourth-order valence-electron chi connectivity index (χ4n) is 3.09. The number of hydrogen-bond acceptors (Lipinski definition) is 3. The van der Waals surface area contributed by atoms with Crippen LogP contribution >= 0.6 is 0 Å². The Morgan fingerprint density at radius 3 is 2.23 bits per heavy atom. The maximum absolute atomic E-state index is 12.4. The smallest absolute Gasteiger partial charge is 0.310 e. The molecule has 3 rings (SSSR count). The van der Waals surface area contributed by atoms with Gasteiger partial charge in [-0.1, -0.05) is 38.1 Å². The van der Waals surface area contributed by atoms with Crippen LogP contribution in [-0.2, 0) is 14.3 Å². The van der Waals surface area contributed by atoms with Gasteiger partial charge in [0.05, 0.1) is 18.1 Å². The summed E-state index contributed by atoms with van der Waals surface area (Å²) in [5.74, 6) is -2.37. The highest BCUT2D eigenvalue weighted by atomic mass is 16.5. The summed E-state index contributed by atoms with van der Waals surface area (Å²) in [6.45, 7) is 4.20. The van der Waals surface area contributed by atoms with E-state index in [1.165, 1.54) is 5.56 Å². The van der Waals surface area contributed by atoms with Crippen LogP contribution in [-0.4, -0.2) is 29.2 Å². The molecule has 1 amide bonds. The topological polar surface area (TPSA) is 75.6 Å². The first-order valence-electron chi connectivity index (χ1n) is 7.45. The number of rotatable bonds is 4. The molecule has 1 aromatic carbocycles. The molecule has 1 fully saturated rings. The Balaban J connectivity index is 1.74. The summed E-state index contributed by atoms with van der Waals surface area (Å²) < 4.78 is 5.52. The Bertz CT molecular complexity index is 620. The third kappa shape index (κ3) is 2.52. The summed E-state index contributed by atoms with van der Waals surface area (Å²) in [7, 11) is 0. The van der Waals surface area contributed by atoms with Gasteiger partial charge >= 0.3 is 5.97 Å². The molecular weight excluding hydrogens is 282 g/mol. The van der Waals surface area contributed by atoms with Gasteiger partial charge in [0.15, 0.2) is 0 Å². The van der Waals surface area contributed by atoms with Crippen LogP contribution in [0.2, 0.25) is 0 Å². The average molecular weight is 301 g/mol. The van der Waals surface area contributed by atoms with Gasteiger partial charge in [0.1, 0.15) is 5.92 Å². The number of hydrogen-bond donors (Lipinski definition) is 2. The van der Waals surface area contributed by atoms with Gasteiger partial charge in [-0.05, 0) is 23.6 Å². The van der Waals surface area contributed by atoms with E-state index in [9.17, 15) is 14.7 Å². The van der Waals surface area contributed by atoms with Crippen LogP contribution in [0.3, 0.4) is 0 Å². The van der Waals surface area contributed by atoms with Crippen molar-refractivity contribution in [1.82, 2.24) is 0 Å². The van der Waals surface area contributed by atoms with E-state index in [1.54, 1.807) is 12.2 Å². The zero-order chi connectivity index (χ0) is 15.9. The van der Waals surface area contributed by atoms with Gasteiger partial charge in [-0.2, -0.15) is 0 Å². The lowest BCUT2D eigenvalue weighted by molar-refractivity contribution is -0.145. The predicted octanol–water partition coefficient (Wildman–Crippen LogP) is 2.40. The summed E-state index contributed by atoms with van der Waals surface area (Å²) in [6, 6.07) is 7.61. The van der Waals surface area contributed by atoms with Crippen LogP contribution in [0.15, 0.2) is 36.4 Å². The fraction of sp³-hybridized carbons (Fsp3) is 0.412. The molecule has 0 aromatic heterocycles. The SMILES string of the molecule is CC(C)c1ccc(NC(=O)[C@H]2[C@@H](C(=O)O)[C@H]3C=C[C@@H]2O3)cc1. The largest absolute Gasteiger partial charge is 0.481 e. The molecule has 0 unspecified atom stereocenters. The molecule has 2 aliphatic heterocycles. The minimum Gasteiger partial charge on any atom is -0.481 e. The third-order valence-electron chi connectivity index (χ3n) is 4.33. The minimum atomic E-state index is -0.993. The lowest BCUT2D eigenvalue weighted by Gasteiger charge is -2.21. The van der Waals surface area contributed by atoms with Gasteiger partial charge < -0.3 is 15.2 Å². The second-order valence-electron chi connectivity index (χ2n) is 6.11. The molecule has 0 aliphatic carbocycles. The van der Waals surface area contributed by atoms with E-state index < -0.39 is 30.0 Å². The average Bonchev–Trinajstić information content (AvgIpc) is 3.08. The molecule has 2 N–H and O–H groups in total. The van der Waals surface area contributed by atoms with Crippen molar-refractivity contribution in [3.63, 3.8) is 0 Å². The Morgan fingerprint density at radius 2 is 1.68 bits per heavy atom. The maximum Gasteiger partial charge on any atom is 0.310 e. The highest BCUT2D eigenvalue weighted by Crippen LogP contribution is 2.39. The molecule has 2 aliphatic rings. The number of carboxylic acids is 1. The molecule has 1 aromatic rings. The summed E-state index contributed by atoms with van der Waals surface area (Å²) >= 11 is 0. The third-order valence-corrected chi connectivity index (χ3v) is 4.33. The molecule has 116 valence electrons. The molecule has 5 nitrogen and oxygen atoms in total. The van der Waals surface area contributed by atoms with Crippen LogP contribution < -0.4 is 5.32 Å². The normalized spacial score (nSPS) is 29.0. The van der Waals surface area contributed by atoms with Crippen LogP contribution in [0.25, 0.3) is 0 Å². The summed E-state index contributed by atoms with van der Waals surface area (Å²) in [5, 5.41) is 12.1. The fourth-order valence-corrected chi connectivity index (χ4v) is 3.09. The molecule has 4 atom stereocenters. The predicted molar refractivity (Wildman–Crippen MR) is 81.6 cm³/mol. The van der Waals surface area contributed by atoms with Crippen molar-refractivity contribution < 1.29 is 19.4 Å². The van der Waals surface area contributed by atoms with Gasteiger partial charge in [-0.3, -0.25) is 9.59 Å². The lowest BCUT2D eigenvalue weighted by Crippen LogP contribution is -2.39. The standard InChI is InChI=1S/C17H19NO4/c1-9(2)10-3-5-11(6-4-10)18-16(19)14-12-7-8-13(22-12)15(14)17(20)21/h3-9,12-15H,1-2H3,(H,18,19)(H,20,21)/t12-,13+,14+,15-/m0/s1. The molecule has 0 radical (unpaired) electrons. The minimum absolute atomic E-state index is 0.304. The molecule has 0 spiro atoms. The van der Waals surface area contributed by atoms with E-state index in [4.69, 9.17) is 4.74 Å². The van der Waals surface area contributed by atoms with Crippen LogP contribution in [0, 0.1) is 11.8 Å². The van der Waals surface area contributed by atoms with Gasteiger partial charge in [-0.25, -0.2) is 0 Å². The number of anilines is 1. The second kappa shape index (κ2) is 5.57. The van der Waals surface area contributed by atoms with E-state index in [-0.39, 0.29) is 5.91 Å². The molecule has 2 bridgehead atoms. The summed E-state index contributed by atoms with van der Waals surface area (Å²) in [4.78, 5) is 23.8. The monoisotopic (exact) mass is 301 g/mol. The van der Waals surface area contributed by atoms with Gasteiger partial charge in [-0.15, -0.1) is 0 Å². The Labute approximate surface area is 129 Å². The zero-order valence-corrected chi connectivity index (χ0v) is 12.5. The highest BCUT2D eigenvalue weighted by molar-refractivity contribution is 5.96. The van der Waals surface area contributed by atoms with Crippen molar-refractivity contribution in [2.45, 2.75) is 32.0 Å². The van der Waals surface area contributed by atoms with Crippen molar-refractivity contribution in [3.8, 4) is 0 Å². The summed E-state index contributed by atoms with van der Waals surface area (Å²) in [5.41, 5.74) is 1.86. The van der Waals surface area contributed by atoms with Gasteiger partial charge in [0, 0.05) is 5.69 Å². The summed E-state index contributed by atoms with van der Waals surface area (Å²) in [6.07, 6.45) is 2.56. The van der Waals surface area contributed by atoms with Crippen LogP contribution in [0.1, 0.15) is 25.3 Å². The lowest BCUT2D eigenvalue weighted by atomic mass is 9.82. The van der Waals surface area contributed by atoms with E-state index in [1.807, 2.05) is 24.3 Å². The Hall–Kier alpha value is -2.14. The number of carbonyl (C=O) groups excluding carboxylic acids is 1. The Kier molecular flexibility index (Phi) is 3.74. The number of carbonyl (C=O) groups is 2. The van der Waals surface area contributed by atoms with Crippen molar-refractivity contribution >= 4 is 17.6 Å². The molecule has 22 heavy (non-hydrogen) atoms. The first kappa shape index (κ1) is 14.8. The van der Waals surface area contributed by atoms with Crippen LogP contribution in [0.5, 0.6) is 0 Å². The number of nitrogens with one attached hydrogen (secondary N) is 1. The number of aliphatic carboxylic acids is 1. The molecule has 2 heterocycles. The number of benzene rings is 1. The maximum atomic E-state index is 12.4. The number of fused-ring (bicyclic) bond motifs is 2. The van der Waals surface area contributed by atoms with Crippen molar-refractivity contribution in [1.29, 1.82) is 0 Å². The number of amides is 1. The Morgan fingerprint density at radius 1 is 1.09 bits per heavy atom. The van der Waals surface area contributed by atoms with Crippen molar-refractivity contribution in [3.05, 3.63) is 42.0 Å². The number of ether oxygens (including phenoxy) is 1. The van der Waals surface area contributed by atoms with Gasteiger partial charge in [0.2, 0.25) is 5.91 Å². The van der Waals surface area contributed by atoms with E-state index in [2.05, 4.69) is 19.2 Å².